The summed E-state index contributed by atoms with van der Waals surface area (Å²) in [7, 11) is -3.62. The van der Waals surface area contributed by atoms with E-state index in [1.54, 1.807) is 36.4 Å². The molecule has 1 fully saturated rings. The quantitative estimate of drug-likeness (QED) is 0.432. The van der Waals surface area contributed by atoms with E-state index in [0.29, 0.717) is 29.4 Å². The van der Waals surface area contributed by atoms with Crippen LogP contribution in [0.2, 0.25) is 5.02 Å². The number of nitrogens with one attached hydrogen (secondary N) is 2. The molecule has 2 amide bonds. The number of amides is 2. The van der Waals surface area contributed by atoms with Crippen LogP contribution in [0, 0.1) is 0 Å². The second-order valence-electron chi connectivity index (χ2n) is 8.66. The van der Waals surface area contributed by atoms with Gasteiger partial charge in [-0.1, -0.05) is 66.6 Å². The predicted molar refractivity (Wildman–Crippen MR) is 140 cm³/mol. The smallest absolute Gasteiger partial charge is 0.253 e. The molecule has 1 aliphatic rings. The van der Waals surface area contributed by atoms with Crippen molar-refractivity contribution in [2.45, 2.75) is 36.6 Å². The second-order valence-corrected chi connectivity index (χ2v) is 11.0. The molecule has 0 unspecified atom stereocenters. The van der Waals surface area contributed by atoms with Crippen molar-refractivity contribution in [2.75, 3.05) is 18.4 Å². The molecule has 0 aromatic heterocycles. The standard InChI is InChI=1S/C27H28ClN3O4S/c28-24-15-6-5-14-23(24)27(33)30-25(20-10-3-1-4-11-20)19-26(32)29-21-12-9-13-22(18-21)36(34,35)31-16-7-2-8-17-31/h1,3-6,9-15,18,25H,2,7-8,16-17,19H2,(H,29,32)(H,30,33)/t25-/m1/s1. The Morgan fingerprint density at radius 2 is 1.58 bits per heavy atom. The second kappa shape index (κ2) is 11.7. The third-order valence-corrected chi connectivity index (χ3v) is 8.31. The van der Waals surface area contributed by atoms with E-state index in [4.69, 9.17) is 11.6 Å². The van der Waals surface area contributed by atoms with Crippen LogP contribution >= 0.6 is 11.6 Å². The van der Waals surface area contributed by atoms with Gasteiger partial charge in [-0.15, -0.1) is 0 Å². The molecular weight excluding hydrogens is 498 g/mol. The number of sulfonamides is 1. The molecule has 3 aromatic rings. The summed E-state index contributed by atoms with van der Waals surface area (Å²) in [4.78, 5) is 26.0. The maximum absolute atomic E-state index is 13.0. The largest absolute Gasteiger partial charge is 0.345 e. The molecule has 0 aliphatic carbocycles. The lowest BCUT2D eigenvalue weighted by atomic mass is 10.0. The van der Waals surface area contributed by atoms with Gasteiger partial charge in [0.1, 0.15) is 0 Å². The highest BCUT2D eigenvalue weighted by molar-refractivity contribution is 7.89. The van der Waals surface area contributed by atoms with Gasteiger partial charge in [0, 0.05) is 18.8 Å². The van der Waals surface area contributed by atoms with Gasteiger partial charge in [-0.05, 0) is 48.7 Å². The number of anilines is 1. The van der Waals surface area contributed by atoms with Crippen molar-refractivity contribution in [3.8, 4) is 0 Å². The van der Waals surface area contributed by atoms with E-state index in [1.807, 2.05) is 30.3 Å². The summed E-state index contributed by atoms with van der Waals surface area (Å²) in [5.74, 6) is -0.757. The minimum absolute atomic E-state index is 0.0523. The van der Waals surface area contributed by atoms with Crippen LogP contribution in [0.5, 0.6) is 0 Å². The Bertz CT molecular complexity index is 1330. The molecule has 0 spiro atoms. The van der Waals surface area contributed by atoms with Crippen LogP contribution in [0.1, 0.15) is 47.6 Å². The number of piperidine rings is 1. The number of nitrogens with zero attached hydrogens (tertiary/aromatic N) is 1. The fourth-order valence-electron chi connectivity index (χ4n) is 4.20. The van der Waals surface area contributed by atoms with Gasteiger partial charge in [0.05, 0.1) is 27.9 Å². The Labute approximate surface area is 216 Å². The average Bonchev–Trinajstić information content (AvgIpc) is 2.89. The SMILES string of the molecule is O=C(C[C@@H](NC(=O)c1ccccc1Cl)c1ccccc1)Nc1cccc(S(=O)(=O)N2CCCCC2)c1. The molecule has 1 heterocycles. The fraction of sp³-hybridized carbons (Fsp3) is 0.259. The van der Waals surface area contributed by atoms with E-state index in [9.17, 15) is 18.0 Å². The zero-order valence-electron chi connectivity index (χ0n) is 19.7. The number of benzene rings is 3. The Kier molecular flexibility index (Phi) is 8.40. The predicted octanol–water partition coefficient (Wildman–Crippen LogP) is 5.01. The summed E-state index contributed by atoms with van der Waals surface area (Å²) in [5.41, 5.74) is 1.45. The Morgan fingerprint density at radius 1 is 0.889 bits per heavy atom. The molecule has 9 heteroatoms. The van der Waals surface area contributed by atoms with Gasteiger partial charge in [-0.2, -0.15) is 4.31 Å². The highest BCUT2D eigenvalue weighted by atomic mass is 35.5. The van der Waals surface area contributed by atoms with Gasteiger partial charge in [-0.3, -0.25) is 9.59 Å². The molecule has 1 aliphatic heterocycles. The Hall–Kier alpha value is -3.20. The van der Waals surface area contributed by atoms with Crippen molar-refractivity contribution in [1.82, 2.24) is 9.62 Å². The number of halogens is 1. The van der Waals surface area contributed by atoms with Crippen molar-refractivity contribution in [3.63, 3.8) is 0 Å². The summed E-state index contributed by atoms with van der Waals surface area (Å²) < 4.78 is 27.5. The van der Waals surface area contributed by atoms with Crippen LogP contribution in [0.15, 0.2) is 83.8 Å². The van der Waals surface area contributed by atoms with Crippen molar-refractivity contribution >= 4 is 39.1 Å². The first-order chi connectivity index (χ1) is 17.3. The van der Waals surface area contributed by atoms with E-state index in [1.165, 1.54) is 16.4 Å². The topological polar surface area (TPSA) is 95.6 Å². The van der Waals surface area contributed by atoms with Crippen LogP contribution in [0.4, 0.5) is 5.69 Å². The number of hydrogen-bond donors (Lipinski definition) is 2. The maximum Gasteiger partial charge on any atom is 0.253 e. The average molecular weight is 526 g/mol. The first-order valence-electron chi connectivity index (χ1n) is 11.8. The van der Waals surface area contributed by atoms with Gasteiger partial charge < -0.3 is 10.6 Å². The number of carbonyl (C=O) groups excluding carboxylic acids is 2. The summed E-state index contributed by atoms with van der Waals surface area (Å²) in [6.45, 7) is 1.01. The van der Waals surface area contributed by atoms with Gasteiger partial charge in [-0.25, -0.2) is 8.42 Å². The minimum Gasteiger partial charge on any atom is -0.345 e. The van der Waals surface area contributed by atoms with Gasteiger partial charge in [0.2, 0.25) is 15.9 Å². The Morgan fingerprint density at radius 3 is 2.31 bits per heavy atom. The highest BCUT2D eigenvalue weighted by Gasteiger charge is 2.26. The summed E-state index contributed by atoms with van der Waals surface area (Å²) in [6.07, 6.45) is 2.66. The molecular formula is C27H28ClN3O4S. The molecule has 4 rings (SSSR count). The number of carbonyl (C=O) groups is 2. The van der Waals surface area contributed by atoms with Crippen molar-refractivity contribution < 1.29 is 18.0 Å². The first-order valence-corrected chi connectivity index (χ1v) is 13.7. The molecule has 1 atom stereocenters. The van der Waals surface area contributed by atoms with E-state index < -0.39 is 22.0 Å². The van der Waals surface area contributed by atoms with Crippen molar-refractivity contribution in [2.24, 2.45) is 0 Å². The van der Waals surface area contributed by atoms with Crippen molar-refractivity contribution in [1.29, 1.82) is 0 Å². The lowest BCUT2D eigenvalue weighted by Gasteiger charge is -2.26. The van der Waals surface area contributed by atoms with Crippen LogP contribution in [0.3, 0.4) is 0 Å². The van der Waals surface area contributed by atoms with Gasteiger partial charge in [0.15, 0.2) is 0 Å². The highest BCUT2D eigenvalue weighted by Crippen LogP contribution is 2.24. The van der Waals surface area contributed by atoms with E-state index in [2.05, 4.69) is 10.6 Å². The normalized spacial score (nSPS) is 15.1. The van der Waals surface area contributed by atoms with Crippen LogP contribution < -0.4 is 10.6 Å². The molecule has 1 saturated heterocycles. The van der Waals surface area contributed by atoms with Gasteiger partial charge in [0.25, 0.3) is 5.91 Å². The third kappa shape index (κ3) is 6.32. The number of hydrogen-bond acceptors (Lipinski definition) is 4. The summed E-state index contributed by atoms with van der Waals surface area (Å²) in [5, 5.41) is 6.00. The first kappa shape index (κ1) is 25.9. The molecule has 7 nitrogen and oxygen atoms in total. The zero-order chi connectivity index (χ0) is 25.5. The van der Waals surface area contributed by atoms with Crippen LogP contribution in [-0.4, -0.2) is 37.6 Å². The Balaban J connectivity index is 1.49. The monoisotopic (exact) mass is 525 g/mol. The molecule has 3 aromatic carbocycles. The molecule has 36 heavy (non-hydrogen) atoms. The minimum atomic E-state index is -3.62. The third-order valence-electron chi connectivity index (χ3n) is 6.09. The van der Waals surface area contributed by atoms with Gasteiger partial charge >= 0.3 is 0 Å². The molecule has 0 radical (unpaired) electrons. The van der Waals surface area contributed by atoms with E-state index >= 15 is 0 Å². The summed E-state index contributed by atoms with van der Waals surface area (Å²) in [6, 6.07) is 21.5. The molecule has 188 valence electrons. The number of rotatable bonds is 8. The lowest BCUT2D eigenvalue weighted by Crippen LogP contribution is -2.35. The van der Waals surface area contributed by atoms with Crippen molar-refractivity contribution in [3.05, 3.63) is 95.0 Å². The van der Waals surface area contributed by atoms with Crippen LogP contribution in [-0.2, 0) is 14.8 Å². The maximum atomic E-state index is 13.0. The summed E-state index contributed by atoms with van der Waals surface area (Å²) >= 11 is 6.18. The molecule has 0 bridgehead atoms. The lowest BCUT2D eigenvalue weighted by molar-refractivity contribution is -0.116. The zero-order valence-corrected chi connectivity index (χ0v) is 21.3. The van der Waals surface area contributed by atoms with E-state index in [-0.39, 0.29) is 17.2 Å². The van der Waals surface area contributed by atoms with Crippen LogP contribution in [0.25, 0.3) is 0 Å². The van der Waals surface area contributed by atoms with E-state index in [0.717, 1.165) is 24.8 Å². The molecule has 2 N–H and O–H groups in total. The fourth-order valence-corrected chi connectivity index (χ4v) is 5.99. The molecule has 0 saturated carbocycles.